The molecule has 1 fully saturated rings. The van der Waals surface area contributed by atoms with E-state index < -0.39 is 0 Å². The number of rotatable bonds is 12. The second-order valence-corrected chi connectivity index (χ2v) is 10.3. The van der Waals surface area contributed by atoms with Gasteiger partial charge < -0.3 is 14.4 Å². The maximum absolute atomic E-state index is 12.6. The van der Waals surface area contributed by atoms with Crippen LogP contribution in [0.4, 0.5) is 0 Å². The predicted molar refractivity (Wildman–Crippen MR) is 112 cm³/mol. The molecule has 0 aromatic carbocycles. The Labute approximate surface area is 171 Å². The molecule has 8 heteroatoms. The minimum atomic E-state index is -0.276. The Kier molecular flexibility index (Phi) is 9.51. The zero-order valence-corrected chi connectivity index (χ0v) is 19.4. The smallest absolute Gasteiger partial charge is 0.232 e. The second kappa shape index (κ2) is 10.7. The molecule has 3 amide bonds. The molecule has 0 aromatic heterocycles. The lowest BCUT2D eigenvalue weighted by molar-refractivity contribution is -0.140. The number of carbonyl (C=O) groups excluding carboxylic acids is 3. The molecule has 3 unspecified atom stereocenters. The summed E-state index contributed by atoms with van der Waals surface area (Å²) in [5.41, 5.74) is -0.215. The molecule has 1 rings (SSSR count). The maximum atomic E-state index is 12.6. The minimum absolute atomic E-state index is 0.0500. The van der Waals surface area contributed by atoms with Gasteiger partial charge in [0, 0.05) is 56.1 Å². The molecule has 0 saturated carbocycles. The summed E-state index contributed by atoms with van der Waals surface area (Å²) in [6, 6.07) is 0. The first-order valence-corrected chi connectivity index (χ1v) is 10.5. The van der Waals surface area contributed by atoms with Crippen LogP contribution in [-0.2, 0) is 23.9 Å². The average molecular weight is 416 g/mol. The van der Waals surface area contributed by atoms with E-state index in [9.17, 15) is 14.4 Å². The van der Waals surface area contributed by atoms with Crippen LogP contribution in [0, 0.1) is 11.3 Å². The molecule has 0 radical (unpaired) electrons. The van der Waals surface area contributed by atoms with E-state index in [-0.39, 0.29) is 53.6 Å². The zero-order chi connectivity index (χ0) is 21.5. The third-order valence-corrected chi connectivity index (χ3v) is 5.10. The minimum Gasteiger partial charge on any atom is -0.384 e. The molecule has 3 atom stereocenters. The van der Waals surface area contributed by atoms with Gasteiger partial charge in [0.05, 0.1) is 19.8 Å². The van der Waals surface area contributed by atoms with Crippen LogP contribution in [0.1, 0.15) is 47.5 Å². The number of methoxy groups -OCH3 is 1. The monoisotopic (exact) mass is 416 g/mol. The summed E-state index contributed by atoms with van der Waals surface area (Å²) < 4.78 is 11.1. The van der Waals surface area contributed by atoms with Gasteiger partial charge in [-0.1, -0.05) is 27.7 Å². The Morgan fingerprint density at radius 3 is 2.39 bits per heavy atom. The van der Waals surface area contributed by atoms with Crippen molar-refractivity contribution in [2.75, 3.05) is 46.6 Å². The van der Waals surface area contributed by atoms with Crippen molar-refractivity contribution >= 4 is 27.0 Å². The first-order chi connectivity index (χ1) is 12.9. The van der Waals surface area contributed by atoms with E-state index in [4.69, 9.17) is 9.47 Å². The Morgan fingerprint density at radius 1 is 1.25 bits per heavy atom. The van der Waals surface area contributed by atoms with Crippen molar-refractivity contribution in [2.45, 2.75) is 52.6 Å². The number of likely N-dealkylation sites (tertiary alicyclic amines) is 1. The molecule has 1 aliphatic rings. The highest BCUT2D eigenvalue weighted by atomic mass is 31.0. The lowest BCUT2D eigenvalue weighted by Crippen LogP contribution is -2.43. The molecular weight excluding hydrogens is 379 g/mol. The molecule has 7 nitrogen and oxygen atoms in total. The van der Waals surface area contributed by atoms with Gasteiger partial charge in [-0.25, -0.2) is 0 Å². The number of carbonyl (C=O) groups is 3. The number of hydrogen-bond donors (Lipinski definition) is 0. The molecule has 0 aliphatic carbocycles. The lowest BCUT2D eigenvalue weighted by atomic mass is 9.93. The van der Waals surface area contributed by atoms with E-state index in [2.05, 4.69) is 30.0 Å². The van der Waals surface area contributed by atoms with Crippen LogP contribution in [-0.4, -0.2) is 79.2 Å². The number of amides is 3. The van der Waals surface area contributed by atoms with E-state index in [1.54, 1.807) is 18.9 Å². The largest absolute Gasteiger partial charge is 0.384 e. The van der Waals surface area contributed by atoms with E-state index in [1.807, 2.05) is 6.92 Å². The zero-order valence-electron chi connectivity index (χ0n) is 18.2. The van der Waals surface area contributed by atoms with Crippen molar-refractivity contribution in [2.24, 2.45) is 11.3 Å². The van der Waals surface area contributed by atoms with E-state index in [1.165, 1.54) is 4.90 Å². The van der Waals surface area contributed by atoms with Gasteiger partial charge in [-0.15, -0.1) is 9.24 Å². The molecule has 0 spiro atoms. The highest BCUT2D eigenvalue weighted by Gasteiger charge is 2.36. The quantitative estimate of drug-likeness (QED) is 0.359. The molecule has 162 valence electrons. The van der Waals surface area contributed by atoms with Gasteiger partial charge in [0.1, 0.15) is 0 Å². The first kappa shape index (κ1) is 25.0. The van der Waals surface area contributed by atoms with Crippen LogP contribution in [0.15, 0.2) is 0 Å². The van der Waals surface area contributed by atoms with Crippen LogP contribution < -0.4 is 0 Å². The fourth-order valence-electron chi connectivity index (χ4n) is 3.32. The molecule has 0 bridgehead atoms. The maximum Gasteiger partial charge on any atom is 0.232 e. The Morgan fingerprint density at radius 2 is 1.89 bits per heavy atom. The van der Waals surface area contributed by atoms with Crippen molar-refractivity contribution in [3.05, 3.63) is 0 Å². The van der Waals surface area contributed by atoms with Crippen LogP contribution in [0.5, 0.6) is 0 Å². The number of hydrogen-bond acceptors (Lipinski definition) is 5. The summed E-state index contributed by atoms with van der Waals surface area (Å²) >= 11 is 0. The molecule has 0 N–H and O–H groups in total. The number of ether oxygens (including phenoxy) is 2. The topological polar surface area (TPSA) is 76.2 Å². The number of imide groups is 1. The van der Waals surface area contributed by atoms with Gasteiger partial charge in [0.2, 0.25) is 17.7 Å². The van der Waals surface area contributed by atoms with Crippen LogP contribution in [0.2, 0.25) is 0 Å². The molecule has 28 heavy (non-hydrogen) atoms. The molecule has 0 aromatic rings. The van der Waals surface area contributed by atoms with Gasteiger partial charge in [-0.05, 0) is 6.92 Å². The molecule has 1 heterocycles. The molecule has 1 aliphatic heterocycles. The van der Waals surface area contributed by atoms with E-state index >= 15 is 0 Å². The van der Waals surface area contributed by atoms with Gasteiger partial charge >= 0.3 is 0 Å². The van der Waals surface area contributed by atoms with Crippen LogP contribution in [0.3, 0.4) is 0 Å². The van der Waals surface area contributed by atoms with E-state index in [0.29, 0.717) is 32.9 Å². The van der Waals surface area contributed by atoms with Crippen molar-refractivity contribution in [1.82, 2.24) is 9.80 Å². The van der Waals surface area contributed by atoms with Crippen LogP contribution >= 0.6 is 9.24 Å². The SMILES string of the molecule is CCN(CC(C)(C)COCC(C)(P)COC)C(=O)CCN1C(=O)CC(C)C1=O. The Balaban J connectivity index is 2.51. The van der Waals surface area contributed by atoms with Crippen molar-refractivity contribution in [3.63, 3.8) is 0 Å². The number of nitrogens with zero attached hydrogens (tertiary/aromatic N) is 2. The summed E-state index contributed by atoms with van der Waals surface area (Å²) in [6.45, 7) is 12.8. The highest BCUT2D eigenvalue weighted by molar-refractivity contribution is 7.19. The van der Waals surface area contributed by atoms with Gasteiger partial charge in [-0.2, -0.15) is 0 Å². The second-order valence-electron chi connectivity index (χ2n) is 8.89. The third kappa shape index (κ3) is 7.76. The summed E-state index contributed by atoms with van der Waals surface area (Å²) in [7, 11) is 4.42. The fourth-order valence-corrected chi connectivity index (χ4v) is 3.60. The van der Waals surface area contributed by atoms with Gasteiger partial charge in [-0.3, -0.25) is 19.3 Å². The normalized spacial score (nSPS) is 19.8. The molecule has 1 saturated heterocycles. The summed E-state index contributed by atoms with van der Waals surface area (Å²) in [5.74, 6) is -0.683. The average Bonchev–Trinajstić information content (AvgIpc) is 2.82. The highest BCUT2D eigenvalue weighted by Crippen LogP contribution is 2.23. The first-order valence-electron chi connectivity index (χ1n) is 9.90. The fraction of sp³-hybridized carbons (Fsp3) is 0.850. The Hall–Kier alpha value is -1.04. The van der Waals surface area contributed by atoms with Gasteiger partial charge in [0.15, 0.2) is 0 Å². The predicted octanol–water partition coefficient (Wildman–Crippen LogP) is 1.94. The van der Waals surface area contributed by atoms with Crippen LogP contribution in [0.25, 0.3) is 0 Å². The molecular formula is C20H37N2O5P. The summed E-state index contributed by atoms with van der Waals surface area (Å²) in [4.78, 5) is 39.5. The standard InChI is InChI=1S/C20H37N2O5P/c1-7-21(11-19(3,4)12-27-14-20(5,28)13-26-6)16(23)8-9-22-17(24)10-15(2)18(22)25/h15H,7-14,28H2,1-6H3. The van der Waals surface area contributed by atoms with Crippen molar-refractivity contribution < 1.29 is 23.9 Å². The van der Waals surface area contributed by atoms with Gasteiger partial charge in [0.25, 0.3) is 0 Å². The lowest BCUT2D eigenvalue weighted by Gasteiger charge is -2.33. The summed E-state index contributed by atoms with van der Waals surface area (Å²) in [6.07, 6.45) is 0.402. The third-order valence-electron chi connectivity index (χ3n) is 4.77. The van der Waals surface area contributed by atoms with Crippen molar-refractivity contribution in [1.29, 1.82) is 0 Å². The Bertz CT molecular complexity index is 565. The summed E-state index contributed by atoms with van der Waals surface area (Å²) in [5, 5.41) is -0.142. The van der Waals surface area contributed by atoms with E-state index in [0.717, 1.165) is 0 Å². The van der Waals surface area contributed by atoms with Crippen molar-refractivity contribution in [3.8, 4) is 0 Å².